The molecule has 1 amide bonds. The molecule has 7 heteroatoms. The number of allylic oxidation sites excluding steroid dienone is 1. The van der Waals surface area contributed by atoms with Crippen molar-refractivity contribution in [2.24, 2.45) is 62.6 Å². The molecule has 6 saturated carbocycles. The van der Waals surface area contributed by atoms with Crippen LogP contribution < -0.4 is 0 Å². The fourth-order valence-corrected chi connectivity index (χ4v) is 16.2. The number of H-pyrrole nitrogens is 1. The number of halogens is 1. The molecule has 12 atom stereocenters. The molecule has 55 heavy (non-hydrogen) atoms. The van der Waals surface area contributed by atoms with Crippen LogP contribution in [0, 0.1) is 62.6 Å². The molecule has 7 fully saturated rings. The fourth-order valence-electron chi connectivity index (χ4n) is 16.1. The van der Waals surface area contributed by atoms with Gasteiger partial charge >= 0.3 is 5.97 Å². The van der Waals surface area contributed by atoms with Gasteiger partial charge in [0.2, 0.25) is 5.91 Å². The van der Waals surface area contributed by atoms with E-state index in [4.69, 9.17) is 21.3 Å². The number of aromatic amines is 1. The molecule has 298 valence electrons. The van der Waals surface area contributed by atoms with Gasteiger partial charge in [0.15, 0.2) is 0 Å². The third kappa shape index (κ3) is 5.33. The number of hydrogen-bond donors (Lipinski definition) is 1. The lowest BCUT2D eigenvalue weighted by Crippen LogP contribution is -2.68. The molecule has 1 N–H and O–H groups in total. The molecular weight excluding hydrogens is 702 g/mol. The average molecular weight is 769 g/mol. The zero-order valence-corrected chi connectivity index (χ0v) is 35.3. The Kier molecular flexibility index (Phi) is 9.12. The predicted molar refractivity (Wildman–Crippen MR) is 219 cm³/mol. The highest BCUT2D eigenvalue weighted by molar-refractivity contribution is 6.30. The van der Waals surface area contributed by atoms with E-state index >= 15 is 4.79 Å². The largest absolute Gasteiger partial charge is 0.462 e. The van der Waals surface area contributed by atoms with Crippen molar-refractivity contribution in [1.82, 2.24) is 14.9 Å². The van der Waals surface area contributed by atoms with Crippen LogP contribution in [0.4, 0.5) is 0 Å². The van der Waals surface area contributed by atoms with Crippen molar-refractivity contribution in [2.45, 2.75) is 150 Å². The van der Waals surface area contributed by atoms with Gasteiger partial charge in [0, 0.05) is 23.9 Å². The zero-order valence-electron chi connectivity index (χ0n) is 34.5. The summed E-state index contributed by atoms with van der Waals surface area (Å²) in [5, 5.41) is 0.720. The first kappa shape index (κ1) is 37.9. The average Bonchev–Trinajstić information content (AvgIpc) is 3.88. The summed E-state index contributed by atoms with van der Waals surface area (Å²) in [6.07, 6.45) is 19.1. The maximum atomic E-state index is 15.5. The minimum Gasteiger partial charge on any atom is -0.462 e. The highest BCUT2D eigenvalue weighted by atomic mass is 35.5. The van der Waals surface area contributed by atoms with Gasteiger partial charge in [0.25, 0.3) is 0 Å². The highest BCUT2D eigenvalue weighted by Crippen LogP contribution is 2.78. The first-order chi connectivity index (χ1) is 26.2. The quantitative estimate of drug-likeness (QED) is 0.235. The Morgan fingerprint density at radius 1 is 0.855 bits per heavy atom. The molecule has 1 saturated heterocycles. The van der Waals surface area contributed by atoms with Crippen LogP contribution >= 0.6 is 11.6 Å². The molecule has 0 bridgehead atoms. The summed E-state index contributed by atoms with van der Waals surface area (Å²) >= 11 is 6.19. The number of hydrogen-bond acceptors (Lipinski definition) is 4. The molecule has 2 aromatic rings. The summed E-state index contributed by atoms with van der Waals surface area (Å²) in [4.78, 5) is 38.8. The van der Waals surface area contributed by atoms with Crippen LogP contribution in [-0.4, -0.2) is 39.4 Å². The predicted octanol–water partition coefficient (Wildman–Crippen LogP) is 11.8. The number of carbonyl (C=O) groups excluding carboxylic acids is 2. The molecule has 1 aliphatic heterocycles. The van der Waals surface area contributed by atoms with E-state index in [1.165, 1.54) is 50.5 Å². The Bertz CT molecular complexity index is 1850. The van der Waals surface area contributed by atoms with Gasteiger partial charge in [-0.3, -0.25) is 9.59 Å². The standard InChI is InChI=1S/C48H66ClN3O3/c1-29(2)34-19-24-48(43(54)52-27-9-12-37(52)42-50-28-36(51-42)31-13-15-33(49)16-14-31)26-25-45(5)35(41(34)48)17-18-38-44(4)22-21-40(55-30(3)53)47(7,32-10-8-11-32)39(44)20-23-46(38,45)6/h13-16,28,32,34-35,37-41H,1,8-12,17-27H2,2-7H3,(H,50,51)/t34-,35+,37?,38?,39?,40-,41?,44+,45+,46+,47?,48-/m0/s1. The summed E-state index contributed by atoms with van der Waals surface area (Å²) in [6.45, 7) is 19.9. The summed E-state index contributed by atoms with van der Waals surface area (Å²) in [5.74, 6) is 4.32. The second-order valence-corrected chi connectivity index (χ2v) is 21.3. The van der Waals surface area contributed by atoms with Crippen LogP contribution in [0.3, 0.4) is 0 Å². The van der Waals surface area contributed by atoms with Crippen LogP contribution in [0.25, 0.3) is 11.3 Å². The summed E-state index contributed by atoms with van der Waals surface area (Å²) < 4.78 is 6.25. The monoisotopic (exact) mass is 767 g/mol. The lowest BCUT2D eigenvalue weighted by atomic mass is 9.31. The molecule has 2 heterocycles. The van der Waals surface area contributed by atoms with Crippen molar-refractivity contribution in [3.05, 3.63) is 53.5 Å². The Hall–Kier alpha value is -2.60. The molecule has 0 radical (unpaired) electrons. The van der Waals surface area contributed by atoms with Gasteiger partial charge < -0.3 is 14.6 Å². The molecule has 1 aromatic heterocycles. The topological polar surface area (TPSA) is 75.3 Å². The maximum absolute atomic E-state index is 15.5. The van der Waals surface area contributed by atoms with Crippen molar-refractivity contribution >= 4 is 23.5 Å². The van der Waals surface area contributed by atoms with E-state index < -0.39 is 0 Å². The van der Waals surface area contributed by atoms with E-state index in [1.807, 2.05) is 30.5 Å². The van der Waals surface area contributed by atoms with E-state index in [2.05, 4.69) is 51.1 Å². The highest BCUT2D eigenvalue weighted by Gasteiger charge is 2.73. The van der Waals surface area contributed by atoms with Crippen LogP contribution in [0.15, 0.2) is 42.6 Å². The molecule has 0 spiro atoms. The smallest absolute Gasteiger partial charge is 0.302 e. The van der Waals surface area contributed by atoms with E-state index in [9.17, 15) is 4.79 Å². The molecule has 7 aliphatic rings. The van der Waals surface area contributed by atoms with Crippen LogP contribution in [0.2, 0.25) is 5.02 Å². The number of aromatic nitrogens is 2. The number of amides is 1. The van der Waals surface area contributed by atoms with Crippen molar-refractivity contribution in [2.75, 3.05) is 6.54 Å². The second-order valence-electron chi connectivity index (χ2n) is 20.8. The van der Waals surface area contributed by atoms with Crippen molar-refractivity contribution in [3.63, 3.8) is 0 Å². The SMILES string of the molecule is C=C(C)[C@@H]1CC[C@]2(C(=O)N3CCCC3c3ncc(-c4ccc(Cl)cc4)[nH]3)CC[C@]3(C)[C@H](CCC4[C@@]5(C)CC[C@H](OC(C)=O)C(C)(C6CCC6)C5CC[C@]43C)C12. The van der Waals surface area contributed by atoms with Crippen LogP contribution in [-0.2, 0) is 14.3 Å². The van der Waals surface area contributed by atoms with Gasteiger partial charge in [0.1, 0.15) is 11.9 Å². The number of rotatable bonds is 6. The second kappa shape index (κ2) is 13.2. The van der Waals surface area contributed by atoms with E-state index in [0.29, 0.717) is 41.4 Å². The number of fused-ring (bicyclic) bond motifs is 7. The summed E-state index contributed by atoms with van der Waals surface area (Å²) in [5.41, 5.74) is 3.62. The normalized spacial score (nSPS) is 43.8. The molecule has 6 nitrogen and oxygen atoms in total. The third-order valence-corrected chi connectivity index (χ3v) is 19.3. The number of esters is 1. The summed E-state index contributed by atoms with van der Waals surface area (Å²) in [6, 6.07) is 7.87. The molecule has 1 aromatic carbocycles. The van der Waals surface area contributed by atoms with Gasteiger partial charge in [-0.05, 0) is 166 Å². The Morgan fingerprint density at radius 3 is 2.31 bits per heavy atom. The van der Waals surface area contributed by atoms with Crippen LogP contribution in [0.1, 0.15) is 150 Å². The third-order valence-electron chi connectivity index (χ3n) is 19.0. The van der Waals surface area contributed by atoms with E-state index in [1.54, 1.807) is 6.92 Å². The molecular formula is C48H66ClN3O3. The number of ether oxygens (including phenoxy) is 1. The van der Waals surface area contributed by atoms with Gasteiger partial charge in [-0.1, -0.05) is 70.0 Å². The van der Waals surface area contributed by atoms with Crippen LogP contribution in [0.5, 0.6) is 0 Å². The first-order valence-electron chi connectivity index (χ1n) is 22.1. The minimum absolute atomic E-state index is 0.0173. The number of carbonyl (C=O) groups is 2. The molecule has 5 unspecified atom stereocenters. The van der Waals surface area contributed by atoms with Gasteiger partial charge in [-0.15, -0.1) is 0 Å². The Balaban J connectivity index is 1.03. The lowest BCUT2D eigenvalue weighted by Gasteiger charge is -2.74. The van der Waals surface area contributed by atoms with E-state index in [-0.39, 0.29) is 45.2 Å². The molecule has 9 rings (SSSR count). The number of imidazole rings is 1. The van der Waals surface area contributed by atoms with Gasteiger partial charge in [-0.25, -0.2) is 4.98 Å². The van der Waals surface area contributed by atoms with Crippen molar-refractivity contribution < 1.29 is 14.3 Å². The number of nitrogens with zero attached hydrogens (tertiary/aromatic N) is 2. The van der Waals surface area contributed by atoms with Crippen molar-refractivity contribution in [3.8, 4) is 11.3 Å². The lowest BCUT2D eigenvalue weighted by molar-refractivity contribution is -0.263. The first-order valence-corrected chi connectivity index (χ1v) is 22.5. The minimum atomic E-state index is -0.336. The Morgan fingerprint density at radius 2 is 1.62 bits per heavy atom. The maximum Gasteiger partial charge on any atom is 0.302 e. The zero-order chi connectivity index (χ0) is 38.7. The number of nitrogens with one attached hydrogen (secondary N) is 1. The molecule has 6 aliphatic carbocycles. The number of benzene rings is 1. The van der Waals surface area contributed by atoms with Crippen molar-refractivity contribution in [1.29, 1.82) is 0 Å². The number of likely N-dealkylation sites (tertiary alicyclic amines) is 1. The summed E-state index contributed by atoms with van der Waals surface area (Å²) in [7, 11) is 0. The van der Waals surface area contributed by atoms with Gasteiger partial charge in [-0.2, -0.15) is 0 Å². The van der Waals surface area contributed by atoms with Gasteiger partial charge in [0.05, 0.1) is 23.3 Å². The van der Waals surface area contributed by atoms with E-state index in [0.717, 1.165) is 80.0 Å². The Labute approximate surface area is 335 Å². The fraction of sp³-hybridized carbons (Fsp3) is 0.729.